The van der Waals surface area contributed by atoms with Crippen LogP contribution in [-0.2, 0) is 15.9 Å². The average Bonchev–Trinajstić information content (AvgIpc) is 2.42. The number of aliphatic hydroxyl groups is 1. The van der Waals surface area contributed by atoms with Gasteiger partial charge < -0.3 is 14.6 Å². The molecule has 1 aromatic rings. The molecular formula is C18H24FNO7. The number of carbonyl (C=O) groups excluding carboxylic acids is 2. The van der Waals surface area contributed by atoms with Crippen LogP contribution in [0.15, 0.2) is 6.07 Å². The lowest BCUT2D eigenvalue weighted by Gasteiger charge is -2.22. The Balaban J connectivity index is 3.71. The summed E-state index contributed by atoms with van der Waals surface area (Å²) in [6, 6.07) is 0.887. The van der Waals surface area contributed by atoms with Crippen LogP contribution in [-0.4, -0.2) is 39.8 Å². The van der Waals surface area contributed by atoms with Crippen LogP contribution in [0.1, 0.15) is 67.8 Å². The highest BCUT2D eigenvalue weighted by molar-refractivity contribution is 6.00. The number of esters is 2. The van der Waals surface area contributed by atoms with Crippen LogP contribution >= 0.6 is 0 Å². The van der Waals surface area contributed by atoms with Gasteiger partial charge in [-0.25, -0.2) is 14.0 Å². The van der Waals surface area contributed by atoms with Crippen LogP contribution in [0.4, 0.5) is 10.1 Å². The molecule has 150 valence electrons. The average molecular weight is 385 g/mol. The topological polar surface area (TPSA) is 116 Å². The molecule has 0 saturated carbocycles. The molecule has 0 amide bonds. The van der Waals surface area contributed by atoms with Gasteiger partial charge in [-0.2, -0.15) is 0 Å². The molecule has 0 aliphatic heterocycles. The second kappa shape index (κ2) is 7.99. The van der Waals surface area contributed by atoms with Gasteiger partial charge in [0, 0.05) is 12.7 Å². The summed E-state index contributed by atoms with van der Waals surface area (Å²) >= 11 is 0. The van der Waals surface area contributed by atoms with Gasteiger partial charge in [0.05, 0.1) is 4.92 Å². The van der Waals surface area contributed by atoms with E-state index in [0.29, 0.717) is 0 Å². The summed E-state index contributed by atoms with van der Waals surface area (Å²) in [5.74, 6) is -3.77. The van der Waals surface area contributed by atoms with Gasteiger partial charge in [-0.1, -0.05) is 0 Å². The van der Waals surface area contributed by atoms with Crippen molar-refractivity contribution in [1.29, 1.82) is 0 Å². The van der Waals surface area contributed by atoms with E-state index in [4.69, 9.17) is 9.47 Å². The number of ether oxygens (including phenoxy) is 2. The first kappa shape index (κ1) is 22.5. The molecule has 0 radical (unpaired) electrons. The molecule has 9 heteroatoms. The van der Waals surface area contributed by atoms with Crippen molar-refractivity contribution in [2.45, 2.75) is 59.2 Å². The number of hydrogen-bond donors (Lipinski definition) is 1. The second-order valence-corrected chi connectivity index (χ2v) is 7.85. The summed E-state index contributed by atoms with van der Waals surface area (Å²) in [6.07, 6.45) is -0.235. The second-order valence-electron chi connectivity index (χ2n) is 7.85. The molecule has 0 heterocycles. The summed E-state index contributed by atoms with van der Waals surface area (Å²) in [5.41, 5.74) is -4.58. The Kier molecular flexibility index (Phi) is 6.66. The SMILES string of the molecule is CC(C)(C)OC(=O)c1c(CCO)cc([N+](=O)[O-])c(C(=O)OC(C)(C)C)c1F. The first-order chi connectivity index (χ1) is 12.2. The lowest BCUT2D eigenvalue weighted by atomic mass is 9.98. The number of hydrogen-bond acceptors (Lipinski definition) is 7. The normalized spacial score (nSPS) is 11.9. The number of benzene rings is 1. The number of nitro groups is 1. The Bertz CT molecular complexity index is 760. The zero-order valence-electron chi connectivity index (χ0n) is 16.2. The molecule has 0 aromatic heterocycles. The van der Waals surface area contributed by atoms with Crippen molar-refractivity contribution < 1.29 is 33.5 Å². The standard InChI is InChI=1S/C18H24FNO7/c1-17(2,3)26-15(22)12-10(7-8-21)9-11(20(24)25)13(14(12)19)16(23)27-18(4,5)6/h9,21H,7-8H2,1-6H3. The molecule has 0 bridgehead atoms. The molecule has 1 N–H and O–H groups in total. The Labute approximate surface area is 156 Å². The fourth-order valence-corrected chi connectivity index (χ4v) is 2.22. The highest BCUT2D eigenvalue weighted by atomic mass is 19.1. The number of nitro benzene ring substituents is 1. The van der Waals surface area contributed by atoms with Gasteiger partial charge in [0.1, 0.15) is 16.8 Å². The molecule has 0 aliphatic rings. The molecule has 27 heavy (non-hydrogen) atoms. The fraction of sp³-hybridized carbons (Fsp3) is 0.556. The van der Waals surface area contributed by atoms with Crippen LogP contribution in [0, 0.1) is 15.9 Å². The van der Waals surface area contributed by atoms with Crippen molar-refractivity contribution in [3.05, 3.63) is 38.7 Å². The van der Waals surface area contributed by atoms with Crippen LogP contribution in [0.3, 0.4) is 0 Å². The molecule has 0 atom stereocenters. The number of aliphatic hydroxyl groups excluding tert-OH is 1. The molecule has 0 aliphatic carbocycles. The van der Waals surface area contributed by atoms with E-state index in [2.05, 4.69) is 0 Å². The molecule has 1 rings (SSSR count). The Morgan fingerprint density at radius 2 is 1.52 bits per heavy atom. The van der Waals surface area contributed by atoms with Crippen LogP contribution in [0.5, 0.6) is 0 Å². The van der Waals surface area contributed by atoms with Crippen molar-refractivity contribution in [1.82, 2.24) is 0 Å². The van der Waals surface area contributed by atoms with E-state index in [0.717, 1.165) is 6.07 Å². The van der Waals surface area contributed by atoms with Crippen molar-refractivity contribution in [3.63, 3.8) is 0 Å². The maximum Gasteiger partial charge on any atom is 0.348 e. The summed E-state index contributed by atoms with van der Waals surface area (Å²) in [7, 11) is 0. The van der Waals surface area contributed by atoms with Crippen molar-refractivity contribution in [3.8, 4) is 0 Å². The molecule has 0 saturated heterocycles. The summed E-state index contributed by atoms with van der Waals surface area (Å²) in [4.78, 5) is 35.2. The lowest BCUT2D eigenvalue weighted by molar-refractivity contribution is -0.385. The van der Waals surface area contributed by atoms with Gasteiger partial charge in [0.2, 0.25) is 0 Å². The zero-order valence-corrected chi connectivity index (χ0v) is 16.2. The highest BCUT2D eigenvalue weighted by Gasteiger charge is 2.36. The van der Waals surface area contributed by atoms with Gasteiger partial charge in [0.25, 0.3) is 5.69 Å². The molecule has 1 aromatic carbocycles. The predicted octanol–water partition coefficient (Wildman–Crippen LogP) is 3.18. The van der Waals surface area contributed by atoms with Gasteiger partial charge in [-0.15, -0.1) is 0 Å². The monoisotopic (exact) mass is 385 g/mol. The molecule has 8 nitrogen and oxygen atoms in total. The number of carbonyl (C=O) groups is 2. The van der Waals surface area contributed by atoms with Crippen molar-refractivity contribution >= 4 is 17.6 Å². The van der Waals surface area contributed by atoms with E-state index in [1.165, 1.54) is 20.8 Å². The van der Waals surface area contributed by atoms with Crippen molar-refractivity contribution in [2.75, 3.05) is 6.61 Å². The Morgan fingerprint density at radius 3 is 1.89 bits per heavy atom. The third-order valence-electron chi connectivity index (χ3n) is 3.11. The third-order valence-corrected chi connectivity index (χ3v) is 3.11. The van der Waals surface area contributed by atoms with E-state index in [1.807, 2.05) is 0 Å². The first-order valence-electron chi connectivity index (χ1n) is 8.25. The maximum atomic E-state index is 15.1. The molecule has 0 fully saturated rings. The minimum Gasteiger partial charge on any atom is -0.456 e. The largest absolute Gasteiger partial charge is 0.456 e. The number of halogens is 1. The third kappa shape index (κ3) is 5.99. The minimum atomic E-state index is -1.41. The van der Waals surface area contributed by atoms with E-state index in [1.54, 1.807) is 20.8 Å². The van der Waals surface area contributed by atoms with E-state index >= 15 is 4.39 Å². The number of nitrogens with zero attached hydrogens (tertiary/aromatic N) is 1. The summed E-state index contributed by atoms with van der Waals surface area (Å²) < 4.78 is 25.3. The summed E-state index contributed by atoms with van der Waals surface area (Å²) in [5, 5.41) is 20.5. The van der Waals surface area contributed by atoms with Crippen LogP contribution in [0.25, 0.3) is 0 Å². The molecule has 0 unspecified atom stereocenters. The Morgan fingerprint density at radius 1 is 1.07 bits per heavy atom. The highest BCUT2D eigenvalue weighted by Crippen LogP contribution is 2.31. The number of rotatable bonds is 5. The molecule has 0 spiro atoms. The smallest absolute Gasteiger partial charge is 0.348 e. The predicted molar refractivity (Wildman–Crippen MR) is 94.2 cm³/mol. The molecular weight excluding hydrogens is 361 g/mol. The van der Waals surface area contributed by atoms with Crippen LogP contribution in [0.2, 0.25) is 0 Å². The van der Waals surface area contributed by atoms with Gasteiger partial charge in [0.15, 0.2) is 11.4 Å². The van der Waals surface area contributed by atoms with Crippen molar-refractivity contribution in [2.24, 2.45) is 0 Å². The Hall–Kier alpha value is -2.55. The zero-order chi connectivity index (χ0) is 21.2. The minimum absolute atomic E-state index is 0.136. The van der Waals surface area contributed by atoms with E-state index < -0.39 is 57.3 Å². The first-order valence-corrected chi connectivity index (χ1v) is 8.25. The lowest BCUT2D eigenvalue weighted by Crippen LogP contribution is -2.28. The van der Waals surface area contributed by atoms with Gasteiger partial charge in [-0.3, -0.25) is 10.1 Å². The maximum absolute atomic E-state index is 15.1. The summed E-state index contributed by atoms with van der Waals surface area (Å²) in [6.45, 7) is 8.76. The quantitative estimate of drug-likeness (QED) is 0.470. The van der Waals surface area contributed by atoms with Crippen LogP contribution < -0.4 is 0 Å². The fourth-order valence-electron chi connectivity index (χ4n) is 2.22. The van der Waals surface area contributed by atoms with Gasteiger partial charge >= 0.3 is 11.9 Å². The van der Waals surface area contributed by atoms with E-state index in [-0.39, 0.29) is 12.0 Å². The van der Waals surface area contributed by atoms with E-state index in [9.17, 15) is 24.8 Å². The van der Waals surface area contributed by atoms with Gasteiger partial charge in [-0.05, 0) is 53.5 Å².